The normalized spacial score (nSPS) is 71.2. The number of rotatable bonds is 0. The summed E-state index contributed by atoms with van der Waals surface area (Å²) in [5.41, 5.74) is 0. The van der Waals surface area contributed by atoms with Crippen LogP contribution in [-0.4, -0.2) is 0 Å². The fourth-order valence-electron chi connectivity index (χ4n) is 14.3. The lowest BCUT2D eigenvalue weighted by molar-refractivity contribution is -0.150. The highest BCUT2D eigenvalue weighted by Gasteiger charge is 2.76. The van der Waals surface area contributed by atoms with Gasteiger partial charge in [0.2, 0.25) is 0 Å². The Labute approximate surface area is 199 Å². The van der Waals surface area contributed by atoms with E-state index in [4.69, 9.17) is 0 Å². The Kier molecular flexibility index (Phi) is 4.53. The second-order valence-corrected chi connectivity index (χ2v) is 15.6. The average Bonchev–Trinajstić information content (AvgIpc) is 3.56. The number of hydrogen-bond acceptors (Lipinski definition) is 0. The molecule has 0 aromatic rings. The molecule has 16 unspecified atom stereocenters. The van der Waals surface area contributed by atoms with Gasteiger partial charge in [0.25, 0.3) is 0 Å². The Bertz CT molecular complexity index is 648. The van der Waals surface area contributed by atoms with E-state index in [-0.39, 0.29) is 0 Å². The van der Waals surface area contributed by atoms with Gasteiger partial charge >= 0.3 is 0 Å². The van der Waals surface area contributed by atoms with Crippen molar-refractivity contribution in [2.75, 3.05) is 0 Å². The van der Waals surface area contributed by atoms with Crippen molar-refractivity contribution >= 4 is 0 Å². The lowest BCUT2D eigenvalue weighted by Gasteiger charge is -2.62. The summed E-state index contributed by atoms with van der Waals surface area (Å²) in [5, 5.41) is 0. The second kappa shape index (κ2) is 6.81. The second-order valence-electron chi connectivity index (χ2n) is 15.6. The van der Waals surface area contributed by atoms with Gasteiger partial charge < -0.3 is 0 Å². The van der Waals surface area contributed by atoms with Crippen LogP contribution in [0.3, 0.4) is 0 Å². The molecule has 8 saturated carbocycles. The molecule has 0 heteroatoms. The first kappa shape index (κ1) is 21.3. The Morgan fingerprint density at radius 3 is 0.781 bits per heavy atom. The predicted molar refractivity (Wildman–Crippen MR) is 134 cm³/mol. The van der Waals surface area contributed by atoms with E-state index in [9.17, 15) is 0 Å². The molecule has 8 aliphatic rings. The molecule has 0 amide bonds. The Balaban J connectivity index is 0.000000130. The van der Waals surface area contributed by atoms with Crippen LogP contribution >= 0.6 is 0 Å². The third-order valence-electron chi connectivity index (χ3n) is 15.0. The largest absolute Gasteiger partial charge is 0.0622 e. The summed E-state index contributed by atoms with van der Waals surface area (Å²) in [6, 6.07) is 0. The number of fused-ring (bicyclic) bond motifs is 16. The molecular formula is C32H52. The summed E-state index contributed by atoms with van der Waals surface area (Å²) < 4.78 is 0. The van der Waals surface area contributed by atoms with Crippen molar-refractivity contribution < 1.29 is 0 Å². The van der Waals surface area contributed by atoms with Crippen LogP contribution in [0.2, 0.25) is 0 Å². The summed E-state index contributed by atoms with van der Waals surface area (Å²) in [4.78, 5) is 0. The summed E-state index contributed by atoms with van der Waals surface area (Å²) in [6.07, 6.45) is 6.30. The summed E-state index contributed by atoms with van der Waals surface area (Å²) in [6.45, 7) is 20.2. The maximum absolute atomic E-state index is 2.57. The third kappa shape index (κ3) is 2.33. The first-order chi connectivity index (χ1) is 15.2. The fraction of sp³-hybridized carbons (Fsp3) is 1.00. The Hall–Kier alpha value is 0. The lowest BCUT2D eigenvalue weighted by atomic mass is 9.43. The van der Waals surface area contributed by atoms with Crippen LogP contribution in [0.25, 0.3) is 0 Å². The molecule has 0 aromatic carbocycles. The molecule has 0 spiro atoms. The maximum Gasteiger partial charge on any atom is -0.0318 e. The highest BCUT2D eigenvalue weighted by molar-refractivity contribution is 5.23. The van der Waals surface area contributed by atoms with Gasteiger partial charge in [-0.25, -0.2) is 0 Å². The highest BCUT2D eigenvalue weighted by Crippen LogP contribution is 2.81. The van der Waals surface area contributed by atoms with E-state index in [0.29, 0.717) is 0 Å². The molecule has 8 rings (SSSR count). The average molecular weight is 437 g/mol. The highest BCUT2D eigenvalue weighted by atomic mass is 14.8. The molecule has 0 nitrogen and oxygen atoms in total. The zero-order valence-electron chi connectivity index (χ0n) is 22.4. The van der Waals surface area contributed by atoms with Gasteiger partial charge in [0.15, 0.2) is 0 Å². The molecule has 8 fully saturated rings. The lowest BCUT2D eigenvalue weighted by Crippen LogP contribution is -2.58. The minimum Gasteiger partial charge on any atom is -0.0622 e. The minimum atomic E-state index is 1.00. The summed E-state index contributed by atoms with van der Waals surface area (Å²) in [7, 11) is 0. The van der Waals surface area contributed by atoms with Gasteiger partial charge in [0.05, 0.1) is 0 Å². The molecule has 0 aliphatic heterocycles. The van der Waals surface area contributed by atoms with Gasteiger partial charge in [-0.2, -0.15) is 0 Å². The van der Waals surface area contributed by atoms with Crippen molar-refractivity contribution in [1.29, 1.82) is 0 Å². The monoisotopic (exact) mass is 436 g/mol. The first-order valence-corrected chi connectivity index (χ1v) is 15.2. The molecule has 16 atom stereocenters. The van der Waals surface area contributed by atoms with Crippen LogP contribution in [-0.2, 0) is 0 Å². The summed E-state index contributed by atoms with van der Waals surface area (Å²) >= 11 is 0. The maximum atomic E-state index is 2.57. The van der Waals surface area contributed by atoms with E-state index in [1.807, 2.05) is 0 Å². The van der Waals surface area contributed by atoms with Crippen LogP contribution in [0.1, 0.15) is 81.1 Å². The molecule has 8 aliphatic carbocycles. The van der Waals surface area contributed by atoms with E-state index < -0.39 is 0 Å². The van der Waals surface area contributed by atoms with Gasteiger partial charge in [-0.05, 0) is 144 Å². The molecule has 4 bridgehead atoms. The zero-order valence-corrected chi connectivity index (χ0v) is 22.4. The van der Waals surface area contributed by atoms with Crippen molar-refractivity contribution in [2.24, 2.45) is 118 Å². The molecule has 32 heavy (non-hydrogen) atoms. The molecule has 0 heterocycles. The zero-order chi connectivity index (χ0) is 22.4. The number of hydrogen-bond donors (Lipinski definition) is 0. The van der Waals surface area contributed by atoms with E-state index in [1.165, 1.54) is 72.0 Å². The topological polar surface area (TPSA) is 0 Å². The third-order valence-corrected chi connectivity index (χ3v) is 15.0. The molecular weight excluding hydrogens is 384 g/mol. The smallest absolute Gasteiger partial charge is 0.0318 e. The van der Waals surface area contributed by atoms with E-state index in [2.05, 4.69) is 55.4 Å². The van der Waals surface area contributed by atoms with Gasteiger partial charge in [-0.1, -0.05) is 55.4 Å². The molecule has 0 saturated heterocycles. The Morgan fingerprint density at radius 1 is 0.281 bits per heavy atom. The van der Waals surface area contributed by atoms with Crippen molar-refractivity contribution in [3.63, 3.8) is 0 Å². The van der Waals surface area contributed by atoms with Crippen LogP contribution < -0.4 is 0 Å². The molecule has 0 aromatic heterocycles. The van der Waals surface area contributed by atoms with Crippen LogP contribution in [0.4, 0.5) is 0 Å². The summed E-state index contributed by atoms with van der Waals surface area (Å²) in [5.74, 6) is 22.2. The van der Waals surface area contributed by atoms with Gasteiger partial charge in [0.1, 0.15) is 0 Å². The van der Waals surface area contributed by atoms with Crippen LogP contribution in [0, 0.1) is 118 Å². The van der Waals surface area contributed by atoms with Crippen LogP contribution in [0.5, 0.6) is 0 Å². The van der Waals surface area contributed by atoms with Gasteiger partial charge in [-0.3, -0.25) is 0 Å². The fourth-order valence-corrected chi connectivity index (χ4v) is 14.3. The quantitative estimate of drug-likeness (QED) is 0.336. The van der Waals surface area contributed by atoms with Gasteiger partial charge in [-0.15, -0.1) is 0 Å². The van der Waals surface area contributed by atoms with E-state index in [1.54, 1.807) is 12.8 Å². The molecule has 0 N–H and O–H groups in total. The van der Waals surface area contributed by atoms with E-state index in [0.717, 1.165) is 59.2 Å². The molecule has 180 valence electrons. The SMILES string of the molecule is CC1C(C)C2C3CC(C12)C1C2CC(C4C(C)C(C)C24)C31.CC1CC(C)C2C(C)CC(C)C12. The van der Waals surface area contributed by atoms with Crippen LogP contribution in [0.15, 0.2) is 0 Å². The Morgan fingerprint density at radius 2 is 0.531 bits per heavy atom. The predicted octanol–water partition coefficient (Wildman–Crippen LogP) is 8.13. The van der Waals surface area contributed by atoms with Crippen molar-refractivity contribution in [3.8, 4) is 0 Å². The first-order valence-electron chi connectivity index (χ1n) is 15.2. The van der Waals surface area contributed by atoms with Crippen molar-refractivity contribution in [2.45, 2.75) is 81.1 Å². The van der Waals surface area contributed by atoms with E-state index >= 15 is 0 Å². The van der Waals surface area contributed by atoms with Crippen molar-refractivity contribution in [1.82, 2.24) is 0 Å². The standard InChI is InChI=1S/C20H30.C12H22/c1-7-8(2)16-12-5-11(15(7)16)19-13-6-14(20(12)19)18-10(4)9(3)17(13)18;1-7-5-8(2)12-10(4)6-9(3)11(7)12/h7-20H,5-6H2,1-4H3;7-12H,5-6H2,1-4H3. The van der Waals surface area contributed by atoms with Crippen molar-refractivity contribution in [3.05, 3.63) is 0 Å². The molecule has 0 radical (unpaired) electrons. The minimum absolute atomic E-state index is 1.00. The van der Waals surface area contributed by atoms with Gasteiger partial charge in [0, 0.05) is 0 Å².